The predicted octanol–water partition coefficient (Wildman–Crippen LogP) is 5.54. The molecule has 0 aromatic heterocycles. The normalized spacial score (nSPS) is 15.0. The highest BCUT2D eigenvalue weighted by Gasteiger charge is 2.07. The molecular formula is C17H37N. The molecule has 0 aliphatic carbocycles. The van der Waals surface area contributed by atoms with E-state index in [9.17, 15) is 0 Å². The summed E-state index contributed by atoms with van der Waals surface area (Å²) >= 11 is 0. The maximum absolute atomic E-state index is 3.74. The molecule has 0 aliphatic rings. The van der Waals surface area contributed by atoms with E-state index in [1.807, 2.05) is 0 Å². The van der Waals surface area contributed by atoms with Gasteiger partial charge in [0.25, 0.3) is 0 Å². The van der Waals surface area contributed by atoms with E-state index in [1.54, 1.807) is 0 Å². The molecule has 2 atom stereocenters. The Kier molecular flexibility index (Phi) is 12.0. The van der Waals surface area contributed by atoms with Gasteiger partial charge in [-0.1, -0.05) is 65.7 Å². The lowest BCUT2D eigenvalue weighted by Gasteiger charge is -2.20. The molecule has 0 spiro atoms. The minimum Gasteiger partial charge on any atom is -0.312 e. The summed E-state index contributed by atoms with van der Waals surface area (Å²) < 4.78 is 0. The SMILES string of the molecule is CCCCCCCC(C)NC(C)CCCC(C)C. The largest absolute Gasteiger partial charge is 0.312 e. The van der Waals surface area contributed by atoms with Gasteiger partial charge in [0.05, 0.1) is 0 Å². The van der Waals surface area contributed by atoms with Crippen molar-refractivity contribution in [2.24, 2.45) is 5.92 Å². The van der Waals surface area contributed by atoms with Gasteiger partial charge in [0.15, 0.2) is 0 Å². The molecule has 18 heavy (non-hydrogen) atoms. The lowest BCUT2D eigenvalue weighted by molar-refractivity contribution is 0.396. The van der Waals surface area contributed by atoms with Gasteiger partial charge < -0.3 is 5.32 Å². The molecule has 2 unspecified atom stereocenters. The first kappa shape index (κ1) is 18.0. The highest BCUT2D eigenvalue weighted by atomic mass is 14.9. The summed E-state index contributed by atoms with van der Waals surface area (Å²) in [4.78, 5) is 0. The molecular weight excluding hydrogens is 218 g/mol. The molecule has 0 aromatic rings. The van der Waals surface area contributed by atoms with E-state index >= 15 is 0 Å². The maximum Gasteiger partial charge on any atom is 0.00412 e. The van der Waals surface area contributed by atoms with Crippen LogP contribution in [0.2, 0.25) is 0 Å². The lowest BCUT2D eigenvalue weighted by Crippen LogP contribution is -2.34. The Morgan fingerprint density at radius 3 is 1.78 bits per heavy atom. The molecule has 0 fully saturated rings. The third-order valence-corrected chi connectivity index (χ3v) is 3.73. The van der Waals surface area contributed by atoms with E-state index in [4.69, 9.17) is 0 Å². The molecule has 0 radical (unpaired) electrons. The van der Waals surface area contributed by atoms with Crippen molar-refractivity contribution in [1.82, 2.24) is 5.32 Å². The standard InChI is InChI=1S/C17H37N/c1-6-7-8-9-10-13-16(4)18-17(5)14-11-12-15(2)3/h15-18H,6-14H2,1-5H3. The highest BCUT2D eigenvalue weighted by molar-refractivity contribution is 4.68. The molecule has 110 valence electrons. The van der Waals surface area contributed by atoms with Crippen LogP contribution in [-0.2, 0) is 0 Å². The molecule has 0 rings (SSSR count). The van der Waals surface area contributed by atoms with Crippen LogP contribution in [-0.4, -0.2) is 12.1 Å². The van der Waals surface area contributed by atoms with Gasteiger partial charge in [-0.25, -0.2) is 0 Å². The van der Waals surface area contributed by atoms with Crippen LogP contribution >= 0.6 is 0 Å². The Morgan fingerprint density at radius 1 is 0.667 bits per heavy atom. The van der Waals surface area contributed by atoms with E-state index in [1.165, 1.54) is 57.8 Å². The third kappa shape index (κ3) is 12.4. The number of rotatable bonds is 12. The second-order valence-electron chi connectivity index (χ2n) is 6.50. The highest BCUT2D eigenvalue weighted by Crippen LogP contribution is 2.11. The van der Waals surface area contributed by atoms with Gasteiger partial charge in [0.2, 0.25) is 0 Å². The van der Waals surface area contributed by atoms with E-state index in [0.717, 1.165) is 5.92 Å². The summed E-state index contributed by atoms with van der Waals surface area (Å²) in [7, 11) is 0. The minimum absolute atomic E-state index is 0.689. The Hall–Kier alpha value is -0.0400. The van der Waals surface area contributed by atoms with Crippen molar-refractivity contribution in [3.63, 3.8) is 0 Å². The summed E-state index contributed by atoms with van der Waals surface area (Å²) in [5.41, 5.74) is 0. The first-order valence-corrected chi connectivity index (χ1v) is 8.32. The Labute approximate surface area is 116 Å². The second-order valence-corrected chi connectivity index (χ2v) is 6.50. The first-order chi connectivity index (χ1) is 8.56. The van der Waals surface area contributed by atoms with Gasteiger partial charge in [0.1, 0.15) is 0 Å². The van der Waals surface area contributed by atoms with Crippen molar-refractivity contribution in [3.8, 4) is 0 Å². The zero-order valence-electron chi connectivity index (χ0n) is 13.6. The molecule has 0 saturated heterocycles. The van der Waals surface area contributed by atoms with Crippen LogP contribution < -0.4 is 5.32 Å². The summed E-state index contributed by atoms with van der Waals surface area (Å²) in [6.07, 6.45) is 12.4. The third-order valence-electron chi connectivity index (χ3n) is 3.73. The van der Waals surface area contributed by atoms with Crippen molar-refractivity contribution in [2.45, 2.75) is 104 Å². The molecule has 0 amide bonds. The van der Waals surface area contributed by atoms with Crippen molar-refractivity contribution in [1.29, 1.82) is 0 Å². The number of hydrogen-bond acceptors (Lipinski definition) is 1. The summed E-state index contributed by atoms with van der Waals surface area (Å²) in [6, 6.07) is 1.38. The van der Waals surface area contributed by atoms with Crippen LogP contribution in [0, 0.1) is 5.92 Å². The fourth-order valence-corrected chi connectivity index (χ4v) is 2.54. The van der Waals surface area contributed by atoms with Crippen LogP contribution in [0.15, 0.2) is 0 Å². The van der Waals surface area contributed by atoms with Crippen LogP contribution in [0.4, 0.5) is 0 Å². The summed E-state index contributed by atoms with van der Waals surface area (Å²) in [5, 5.41) is 3.74. The van der Waals surface area contributed by atoms with Gasteiger partial charge in [0, 0.05) is 12.1 Å². The van der Waals surface area contributed by atoms with Gasteiger partial charge >= 0.3 is 0 Å². The predicted molar refractivity (Wildman–Crippen MR) is 84.1 cm³/mol. The van der Waals surface area contributed by atoms with Crippen molar-refractivity contribution in [2.75, 3.05) is 0 Å². The second kappa shape index (κ2) is 12.0. The Balaban J connectivity index is 3.40. The molecule has 0 bridgehead atoms. The monoisotopic (exact) mass is 255 g/mol. The summed E-state index contributed by atoms with van der Waals surface area (Å²) in [6.45, 7) is 11.6. The van der Waals surface area contributed by atoms with Crippen LogP contribution in [0.3, 0.4) is 0 Å². The number of hydrogen-bond donors (Lipinski definition) is 1. The van der Waals surface area contributed by atoms with Gasteiger partial charge in [-0.15, -0.1) is 0 Å². The quantitative estimate of drug-likeness (QED) is 0.451. The average Bonchev–Trinajstić information content (AvgIpc) is 2.28. The zero-order valence-corrected chi connectivity index (χ0v) is 13.6. The van der Waals surface area contributed by atoms with Gasteiger partial charge in [-0.05, 0) is 32.6 Å². The molecule has 0 heterocycles. The van der Waals surface area contributed by atoms with Gasteiger partial charge in [-0.3, -0.25) is 0 Å². The van der Waals surface area contributed by atoms with Crippen molar-refractivity contribution in [3.05, 3.63) is 0 Å². The number of unbranched alkanes of at least 4 members (excludes halogenated alkanes) is 4. The topological polar surface area (TPSA) is 12.0 Å². The Bertz CT molecular complexity index is 165. The maximum atomic E-state index is 3.74. The summed E-state index contributed by atoms with van der Waals surface area (Å²) in [5.74, 6) is 0.855. The van der Waals surface area contributed by atoms with Crippen molar-refractivity contribution >= 4 is 0 Å². The average molecular weight is 255 g/mol. The van der Waals surface area contributed by atoms with E-state index in [2.05, 4.69) is 39.9 Å². The Morgan fingerprint density at radius 2 is 1.22 bits per heavy atom. The fourth-order valence-electron chi connectivity index (χ4n) is 2.54. The molecule has 1 nitrogen and oxygen atoms in total. The van der Waals surface area contributed by atoms with E-state index < -0.39 is 0 Å². The minimum atomic E-state index is 0.689. The molecule has 0 saturated carbocycles. The van der Waals surface area contributed by atoms with Gasteiger partial charge in [-0.2, -0.15) is 0 Å². The van der Waals surface area contributed by atoms with Crippen LogP contribution in [0.1, 0.15) is 92.4 Å². The van der Waals surface area contributed by atoms with Crippen molar-refractivity contribution < 1.29 is 0 Å². The zero-order chi connectivity index (χ0) is 13.8. The van der Waals surface area contributed by atoms with Crippen LogP contribution in [0.25, 0.3) is 0 Å². The fraction of sp³-hybridized carbons (Fsp3) is 1.00. The molecule has 1 N–H and O–H groups in total. The molecule has 0 aliphatic heterocycles. The molecule has 0 aromatic carbocycles. The molecule has 1 heteroatoms. The number of nitrogens with one attached hydrogen (secondary N) is 1. The lowest BCUT2D eigenvalue weighted by atomic mass is 10.0. The van der Waals surface area contributed by atoms with E-state index in [-0.39, 0.29) is 0 Å². The smallest absolute Gasteiger partial charge is 0.00412 e. The van der Waals surface area contributed by atoms with E-state index in [0.29, 0.717) is 12.1 Å². The van der Waals surface area contributed by atoms with Crippen LogP contribution in [0.5, 0.6) is 0 Å². The first-order valence-electron chi connectivity index (χ1n) is 8.32.